The van der Waals surface area contributed by atoms with Crippen LogP contribution in [0.2, 0.25) is 0 Å². The van der Waals surface area contributed by atoms with Crippen molar-refractivity contribution in [3.63, 3.8) is 0 Å². The molecule has 6 nitrogen and oxygen atoms in total. The van der Waals surface area contributed by atoms with E-state index in [0.717, 1.165) is 0 Å². The highest BCUT2D eigenvalue weighted by atomic mass is 16.5. The predicted octanol–water partition coefficient (Wildman–Crippen LogP) is 0.905. The summed E-state index contributed by atoms with van der Waals surface area (Å²) in [6.45, 7) is 0. The molecule has 6 heteroatoms. The lowest BCUT2D eigenvalue weighted by Crippen LogP contribution is -2.26. The van der Waals surface area contributed by atoms with Gasteiger partial charge in [0, 0.05) is 18.5 Å². The fourth-order valence-electron chi connectivity index (χ4n) is 1.84. The van der Waals surface area contributed by atoms with Crippen LogP contribution >= 0.6 is 0 Å². The van der Waals surface area contributed by atoms with E-state index in [0.29, 0.717) is 22.4 Å². The maximum absolute atomic E-state index is 11.8. The molecule has 0 unspecified atom stereocenters. The summed E-state index contributed by atoms with van der Waals surface area (Å²) < 4.78 is 10.3. The van der Waals surface area contributed by atoms with Gasteiger partial charge in [0.1, 0.15) is 5.56 Å². The number of nitrogens with one attached hydrogen (secondary N) is 2. The fraction of sp³-hybridized carbons (Fsp3) is 0.231. The number of carbonyl (C=O) groups excluding carboxylic acids is 1. The zero-order chi connectivity index (χ0) is 14.0. The van der Waals surface area contributed by atoms with E-state index < -0.39 is 11.5 Å². The first-order valence-electron chi connectivity index (χ1n) is 5.62. The number of methoxy groups -OCH3 is 2. The van der Waals surface area contributed by atoms with E-state index in [1.165, 1.54) is 27.3 Å². The summed E-state index contributed by atoms with van der Waals surface area (Å²) in [5.74, 6) is 0.612. The summed E-state index contributed by atoms with van der Waals surface area (Å²) in [5.41, 5.74) is 0.191. The smallest absolute Gasteiger partial charge is 0.261 e. The number of benzene rings is 1. The standard InChI is InChI=1S/C13H14N2O4/c1-14-12(16)8-4-7-5-10(18-2)11(19-3)6-9(7)15-13(8)17/h4-6H,1-3H3,(H,14,16)(H,15,17). The van der Waals surface area contributed by atoms with E-state index >= 15 is 0 Å². The zero-order valence-corrected chi connectivity index (χ0v) is 10.9. The molecular weight excluding hydrogens is 248 g/mol. The minimum Gasteiger partial charge on any atom is -0.493 e. The normalized spacial score (nSPS) is 10.3. The molecule has 19 heavy (non-hydrogen) atoms. The van der Waals surface area contributed by atoms with Crippen LogP contribution in [0.15, 0.2) is 23.0 Å². The van der Waals surface area contributed by atoms with E-state index in [4.69, 9.17) is 9.47 Å². The van der Waals surface area contributed by atoms with E-state index in [-0.39, 0.29) is 5.56 Å². The molecule has 0 bridgehead atoms. The summed E-state index contributed by atoms with van der Waals surface area (Å²) in [6.07, 6.45) is 0. The monoisotopic (exact) mass is 262 g/mol. The second-order valence-corrected chi connectivity index (χ2v) is 3.89. The molecule has 2 rings (SSSR count). The van der Waals surface area contributed by atoms with Crippen LogP contribution in [0.3, 0.4) is 0 Å². The van der Waals surface area contributed by atoms with Crippen LogP contribution in [0.4, 0.5) is 0 Å². The van der Waals surface area contributed by atoms with Crippen molar-refractivity contribution < 1.29 is 14.3 Å². The molecule has 2 aromatic rings. The number of aromatic amines is 1. The van der Waals surface area contributed by atoms with Crippen molar-refractivity contribution in [2.75, 3.05) is 21.3 Å². The maximum Gasteiger partial charge on any atom is 0.261 e. The molecule has 1 aromatic carbocycles. The van der Waals surface area contributed by atoms with E-state index in [9.17, 15) is 9.59 Å². The van der Waals surface area contributed by atoms with Gasteiger partial charge in [-0.15, -0.1) is 0 Å². The molecule has 0 spiro atoms. The Hall–Kier alpha value is -2.50. The Labute approximate surface area is 109 Å². The molecule has 0 fully saturated rings. The van der Waals surface area contributed by atoms with Crippen LogP contribution in [0.1, 0.15) is 10.4 Å². The summed E-state index contributed by atoms with van der Waals surface area (Å²) in [6, 6.07) is 4.88. The third-order valence-corrected chi connectivity index (χ3v) is 2.82. The van der Waals surface area contributed by atoms with Crippen molar-refractivity contribution in [2.45, 2.75) is 0 Å². The van der Waals surface area contributed by atoms with Crippen molar-refractivity contribution >= 4 is 16.8 Å². The molecule has 0 aliphatic rings. The summed E-state index contributed by atoms with van der Waals surface area (Å²) in [7, 11) is 4.51. The van der Waals surface area contributed by atoms with Crippen molar-refractivity contribution in [3.8, 4) is 11.5 Å². The molecular formula is C13H14N2O4. The fourth-order valence-corrected chi connectivity index (χ4v) is 1.84. The van der Waals surface area contributed by atoms with Crippen LogP contribution in [0, 0.1) is 0 Å². The molecule has 0 aliphatic carbocycles. The lowest BCUT2D eigenvalue weighted by atomic mass is 10.1. The number of carbonyl (C=O) groups is 1. The Kier molecular flexibility index (Phi) is 3.41. The molecule has 0 radical (unpaired) electrons. The van der Waals surface area contributed by atoms with E-state index in [2.05, 4.69) is 10.3 Å². The Morgan fingerprint density at radius 2 is 1.79 bits per heavy atom. The molecule has 0 aliphatic heterocycles. The third kappa shape index (κ3) is 2.24. The number of rotatable bonds is 3. The van der Waals surface area contributed by atoms with E-state index in [1.54, 1.807) is 12.1 Å². The highest BCUT2D eigenvalue weighted by Gasteiger charge is 2.12. The number of ether oxygens (including phenoxy) is 2. The number of amides is 1. The van der Waals surface area contributed by atoms with Crippen molar-refractivity contribution in [1.29, 1.82) is 0 Å². The van der Waals surface area contributed by atoms with Gasteiger partial charge < -0.3 is 19.8 Å². The van der Waals surface area contributed by atoms with Crippen molar-refractivity contribution in [3.05, 3.63) is 34.1 Å². The Bertz CT molecular complexity index is 691. The third-order valence-electron chi connectivity index (χ3n) is 2.82. The van der Waals surface area contributed by atoms with Crippen LogP contribution < -0.4 is 20.3 Å². The van der Waals surface area contributed by atoms with Gasteiger partial charge >= 0.3 is 0 Å². The van der Waals surface area contributed by atoms with Gasteiger partial charge in [-0.05, 0) is 12.1 Å². The topological polar surface area (TPSA) is 80.4 Å². The van der Waals surface area contributed by atoms with Crippen LogP contribution in [-0.4, -0.2) is 32.2 Å². The molecule has 100 valence electrons. The lowest BCUT2D eigenvalue weighted by Gasteiger charge is -2.09. The molecule has 1 heterocycles. The summed E-state index contributed by atoms with van der Waals surface area (Å²) in [4.78, 5) is 26.0. The van der Waals surface area contributed by atoms with Gasteiger partial charge in [-0.1, -0.05) is 0 Å². The molecule has 1 aromatic heterocycles. The highest BCUT2D eigenvalue weighted by Crippen LogP contribution is 2.30. The van der Waals surface area contributed by atoms with Gasteiger partial charge in [0.2, 0.25) is 0 Å². The van der Waals surface area contributed by atoms with Gasteiger partial charge in [-0.25, -0.2) is 0 Å². The van der Waals surface area contributed by atoms with Crippen LogP contribution in [0.5, 0.6) is 11.5 Å². The number of hydrogen-bond acceptors (Lipinski definition) is 4. The Morgan fingerprint density at radius 3 is 2.37 bits per heavy atom. The first-order chi connectivity index (χ1) is 9.10. The maximum atomic E-state index is 11.8. The SMILES string of the molecule is CNC(=O)c1cc2cc(OC)c(OC)cc2[nH]c1=O. The lowest BCUT2D eigenvalue weighted by molar-refractivity contribution is 0.0962. The van der Waals surface area contributed by atoms with Gasteiger partial charge in [0.15, 0.2) is 11.5 Å². The number of fused-ring (bicyclic) bond motifs is 1. The zero-order valence-electron chi connectivity index (χ0n) is 10.9. The largest absolute Gasteiger partial charge is 0.493 e. The molecule has 0 saturated carbocycles. The number of hydrogen-bond donors (Lipinski definition) is 2. The minimum atomic E-state index is -0.445. The van der Waals surface area contributed by atoms with E-state index in [1.807, 2.05) is 0 Å². The quantitative estimate of drug-likeness (QED) is 0.861. The highest BCUT2D eigenvalue weighted by molar-refractivity contribution is 5.97. The van der Waals surface area contributed by atoms with Crippen molar-refractivity contribution in [1.82, 2.24) is 10.3 Å². The molecule has 1 amide bonds. The Morgan fingerprint density at radius 1 is 1.16 bits per heavy atom. The predicted molar refractivity (Wildman–Crippen MR) is 71.1 cm³/mol. The Balaban J connectivity index is 2.72. The summed E-state index contributed by atoms with van der Waals surface area (Å²) in [5, 5.41) is 3.11. The van der Waals surface area contributed by atoms with Gasteiger partial charge in [-0.3, -0.25) is 9.59 Å². The van der Waals surface area contributed by atoms with Crippen LogP contribution in [0.25, 0.3) is 10.9 Å². The summed E-state index contributed by atoms with van der Waals surface area (Å²) >= 11 is 0. The van der Waals surface area contributed by atoms with Gasteiger partial charge in [0.25, 0.3) is 11.5 Å². The van der Waals surface area contributed by atoms with Gasteiger partial charge in [0.05, 0.1) is 19.7 Å². The molecule has 0 atom stereocenters. The van der Waals surface area contributed by atoms with Gasteiger partial charge in [-0.2, -0.15) is 0 Å². The van der Waals surface area contributed by atoms with Crippen LogP contribution in [-0.2, 0) is 0 Å². The average Bonchev–Trinajstić information content (AvgIpc) is 2.44. The van der Waals surface area contributed by atoms with Crippen molar-refractivity contribution in [2.24, 2.45) is 0 Å². The number of aromatic nitrogens is 1. The first kappa shape index (κ1) is 12.9. The second kappa shape index (κ2) is 5.01. The second-order valence-electron chi connectivity index (χ2n) is 3.89. The minimum absolute atomic E-state index is 0.0576. The number of H-pyrrole nitrogens is 1. The first-order valence-corrected chi connectivity index (χ1v) is 5.62. The average molecular weight is 262 g/mol. The molecule has 2 N–H and O–H groups in total. The number of pyridine rings is 1. The molecule has 0 saturated heterocycles.